The van der Waals surface area contributed by atoms with E-state index in [0.29, 0.717) is 6.04 Å². The van der Waals surface area contributed by atoms with E-state index in [2.05, 4.69) is 41.0 Å². The third-order valence-corrected chi connectivity index (χ3v) is 2.80. The SMILES string of the molecule is CCCc1nccn1-c1cncc(CNC(C)C)n1. The van der Waals surface area contributed by atoms with Crippen LogP contribution in [0.4, 0.5) is 0 Å². The molecule has 19 heavy (non-hydrogen) atoms. The molecule has 0 bridgehead atoms. The maximum absolute atomic E-state index is 4.63. The third-order valence-electron chi connectivity index (χ3n) is 2.80. The van der Waals surface area contributed by atoms with Gasteiger partial charge in [-0.1, -0.05) is 20.8 Å². The molecule has 102 valence electrons. The van der Waals surface area contributed by atoms with E-state index in [1.807, 2.05) is 17.0 Å². The molecule has 2 aromatic rings. The zero-order valence-corrected chi connectivity index (χ0v) is 11.8. The Labute approximate surface area is 114 Å². The van der Waals surface area contributed by atoms with Crippen LogP contribution in [0.15, 0.2) is 24.8 Å². The Kier molecular flexibility index (Phi) is 4.63. The van der Waals surface area contributed by atoms with Crippen molar-refractivity contribution in [3.05, 3.63) is 36.3 Å². The van der Waals surface area contributed by atoms with E-state index in [-0.39, 0.29) is 0 Å². The van der Waals surface area contributed by atoms with E-state index in [4.69, 9.17) is 0 Å². The highest BCUT2D eigenvalue weighted by Crippen LogP contribution is 2.09. The van der Waals surface area contributed by atoms with Crippen molar-refractivity contribution in [3.63, 3.8) is 0 Å². The van der Waals surface area contributed by atoms with Gasteiger partial charge in [-0.3, -0.25) is 9.55 Å². The largest absolute Gasteiger partial charge is 0.309 e. The Bertz CT molecular complexity index is 518. The Morgan fingerprint density at radius 2 is 2.16 bits per heavy atom. The first kappa shape index (κ1) is 13.7. The van der Waals surface area contributed by atoms with Crippen LogP contribution >= 0.6 is 0 Å². The van der Waals surface area contributed by atoms with E-state index < -0.39 is 0 Å². The molecular formula is C14H21N5. The van der Waals surface area contributed by atoms with Crippen LogP contribution in [-0.4, -0.2) is 25.6 Å². The number of aromatic nitrogens is 4. The average molecular weight is 259 g/mol. The quantitative estimate of drug-likeness (QED) is 0.863. The molecule has 0 spiro atoms. The lowest BCUT2D eigenvalue weighted by atomic mass is 10.3. The zero-order chi connectivity index (χ0) is 13.7. The summed E-state index contributed by atoms with van der Waals surface area (Å²) < 4.78 is 2.01. The predicted octanol–water partition coefficient (Wildman–Crippen LogP) is 2.11. The highest BCUT2D eigenvalue weighted by atomic mass is 15.1. The van der Waals surface area contributed by atoms with Crippen LogP contribution in [0.2, 0.25) is 0 Å². The molecule has 0 atom stereocenters. The Morgan fingerprint density at radius 3 is 2.89 bits per heavy atom. The van der Waals surface area contributed by atoms with E-state index in [1.54, 1.807) is 12.4 Å². The van der Waals surface area contributed by atoms with Crippen molar-refractivity contribution in [2.75, 3.05) is 0 Å². The van der Waals surface area contributed by atoms with Crippen LogP contribution in [-0.2, 0) is 13.0 Å². The monoisotopic (exact) mass is 259 g/mol. The molecule has 0 saturated heterocycles. The van der Waals surface area contributed by atoms with Crippen LogP contribution in [0.1, 0.15) is 38.7 Å². The Hall–Kier alpha value is -1.75. The molecule has 5 heteroatoms. The standard InChI is InChI=1S/C14H21N5/c1-4-5-13-16-6-7-19(13)14-10-15-8-12(18-14)9-17-11(2)3/h6-8,10-11,17H,4-5,9H2,1-3H3. The van der Waals surface area contributed by atoms with E-state index in [0.717, 1.165) is 36.7 Å². The Balaban J connectivity index is 2.20. The van der Waals surface area contributed by atoms with Crippen molar-refractivity contribution in [2.24, 2.45) is 0 Å². The molecule has 0 saturated carbocycles. The average Bonchev–Trinajstić information content (AvgIpc) is 2.85. The topological polar surface area (TPSA) is 55.6 Å². The molecule has 0 aliphatic rings. The van der Waals surface area contributed by atoms with Crippen molar-refractivity contribution in [3.8, 4) is 5.82 Å². The molecule has 2 heterocycles. The summed E-state index contributed by atoms with van der Waals surface area (Å²) in [6, 6.07) is 0.439. The maximum atomic E-state index is 4.63. The van der Waals surface area contributed by atoms with Gasteiger partial charge in [0.2, 0.25) is 0 Å². The van der Waals surface area contributed by atoms with Crippen molar-refractivity contribution in [1.29, 1.82) is 0 Å². The molecule has 0 amide bonds. The van der Waals surface area contributed by atoms with Gasteiger partial charge < -0.3 is 5.32 Å². The minimum atomic E-state index is 0.439. The second-order valence-corrected chi connectivity index (χ2v) is 4.87. The summed E-state index contributed by atoms with van der Waals surface area (Å²) in [6.07, 6.45) is 9.34. The van der Waals surface area contributed by atoms with Gasteiger partial charge in [-0.15, -0.1) is 0 Å². The number of nitrogens with one attached hydrogen (secondary N) is 1. The minimum absolute atomic E-state index is 0.439. The molecular weight excluding hydrogens is 238 g/mol. The molecule has 2 aromatic heterocycles. The fourth-order valence-electron chi connectivity index (χ4n) is 1.86. The molecule has 0 aliphatic carbocycles. The predicted molar refractivity (Wildman–Crippen MR) is 75.1 cm³/mol. The molecule has 0 unspecified atom stereocenters. The number of nitrogens with zero attached hydrogens (tertiary/aromatic N) is 4. The zero-order valence-electron chi connectivity index (χ0n) is 11.8. The fourth-order valence-corrected chi connectivity index (χ4v) is 1.86. The number of hydrogen-bond acceptors (Lipinski definition) is 4. The summed E-state index contributed by atoms with van der Waals surface area (Å²) in [5, 5.41) is 3.35. The van der Waals surface area contributed by atoms with Crippen LogP contribution in [0.5, 0.6) is 0 Å². The maximum Gasteiger partial charge on any atom is 0.156 e. The summed E-state index contributed by atoms with van der Waals surface area (Å²) in [5.41, 5.74) is 0.947. The second kappa shape index (κ2) is 6.43. The third kappa shape index (κ3) is 3.61. The first-order valence-electron chi connectivity index (χ1n) is 6.77. The normalized spacial score (nSPS) is 11.2. The molecule has 0 aromatic carbocycles. The fraction of sp³-hybridized carbons (Fsp3) is 0.500. The van der Waals surface area contributed by atoms with E-state index in [1.165, 1.54) is 0 Å². The molecule has 0 aliphatic heterocycles. The lowest BCUT2D eigenvalue weighted by molar-refractivity contribution is 0.579. The summed E-state index contributed by atoms with van der Waals surface area (Å²) in [6.45, 7) is 7.11. The first-order valence-corrected chi connectivity index (χ1v) is 6.77. The lowest BCUT2D eigenvalue weighted by Gasteiger charge is -2.10. The van der Waals surface area contributed by atoms with Crippen molar-refractivity contribution < 1.29 is 0 Å². The van der Waals surface area contributed by atoms with Crippen molar-refractivity contribution in [2.45, 2.75) is 46.2 Å². The summed E-state index contributed by atoms with van der Waals surface area (Å²) in [4.78, 5) is 13.3. The van der Waals surface area contributed by atoms with Gasteiger partial charge in [-0.25, -0.2) is 9.97 Å². The smallest absolute Gasteiger partial charge is 0.156 e. The van der Waals surface area contributed by atoms with Gasteiger partial charge in [-0.2, -0.15) is 0 Å². The van der Waals surface area contributed by atoms with Gasteiger partial charge in [-0.05, 0) is 6.42 Å². The molecule has 2 rings (SSSR count). The van der Waals surface area contributed by atoms with Crippen LogP contribution < -0.4 is 5.32 Å². The summed E-state index contributed by atoms with van der Waals surface area (Å²) in [5.74, 6) is 1.87. The van der Waals surface area contributed by atoms with Gasteiger partial charge in [0.15, 0.2) is 5.82 Å². The van der Waals surface area contributed by atoms with Gasteiger partial charge in [0, 0.05) is 37.6 Å². The summed E-state index contributed by atoms with van der Waals surface area (Å²) in [7, 11) is 0. The molecule has 0 radical (unpaired) electrons. The van der Waals surface area contributed by atoms with Gasteiger partial charge in [0.1, 0.15) is 5.82 Å². The Morgan fingerprint density at radius 1 is 1.32 bits per heavy atom. The molecule has 1 N–H and O–H groups in total. The molecule has 5 nitrogen and oxygen atoms in total. The number of imidazole rings is 1. The second-order valence-electron chi connectivity index (χ2n) is 4.87. The number of rotatable bonds is 6. The highest BCUT2D eigenvalue weighted by molar-refractivity contribution is 5.22. The number of aryl methyl sites for hydroxylation is 1. The van der Waals surface area contributed by atoms with Crippen LogP contribution in [0.25, 0.3) is 5.82 Å². The van der Waals surface area contributed by atoms with Gasteiger partial charge in [0.05, 0.1) is 11.9 Å². The van der Waals surface area contributed by atoms with E-state index in [9.17, 15) is 0 Å². The van der Waals surface area contributed by atoms with E-state index >= 15 is 0 Å². The summed E-state index contributed by atoms with van der Waals surface area (Å²) >= 11 is 0. The highest BCUT2D eigenvalue weighted by Gasteiger charge is 2.06. The van der Waals surface area contributed by atoms with Crippen molar-refractivity contribution in [1.82, 2.24) is 24.8 Å². The molecule has 0 fully saturated rings. The number of hydrogen-bond donors (Lipinski definition) is 1. The first-order chi connectivity index (χ1) is 9.20. The van der Waals surface area contributed by atoms with Crippen LogP contribution in [0.3, 0.4) is 0 Å². The lowest BCUT2D eigenvalue weighted by Crippen LogP contribution is -2.22. The van der Waals surface area contributed by atoms with Gasteiger partial charge in [0.25, 0.3) is 0 Å². The minimum Gasteiger partial charge on any atom is -0.309 e. The van der Waals surface area contributed by atoms with Gasteiger partial charge >= 0.3 is 0 Å². The van der Waals surface area contributed by atoms with Crippen LogP contribution in [0, 0.1) is 0 Å². The van der Waals surface area contributed by atoms with Crippen molar-refractivity contribution >= 4 is 0 Å².